The molecule has 6 rings (SSSR count). The fourth-order valence-electron chi connectivity index (χ4n) is 4.89. The van der Waals surface area contributed by atoms with E-state index in [4.69, 9.17) is 18.6 Å². The molecular weight excluding hydrogens is 490 g/mol. The molecule has 3 heterocycles. The third-order valence-electron chi connectivity index (χ3n) is 6.82. The number of nitrogens with zero attached hydrogens (tertiary/aromatic N) is 1. The quantitative estimate of drug-likeness (QED) is 0.268. The lowest BCUT2D eigenvalue weighted by atomic mass is 10.0. The van der Waals surface area contributed by atoms with Gasteiger partial charge in [-0.3, -0.25) is 4.79 Å². The van der Waals surface area contributed by atoms with Crippen LogP contribution in [0, 0.1) is 0 Å². The second-order valence-electron chi connectivity index (χ2n) is 9.43. The molecule has 192 valence electrons. The summed E-state index contributed by atoms with van der Waals surface area (Å²) in [5, 5.41) is 22.2. The zero-order valence-electron chi connectivity index (χ0n) is 20.8. The van der Waals surface area contributed by atoms with Gasteiger partial charge in [0.25, 0.3) is 0 Å². The number of phenols is 2. The van der Waals surface area contributed by atoms with Crippen LogP contribution in [-0.4, -0.2) is 34.1 Å². The minimum atomic E-state index is -0.943. The normalized spacial score (nSPS) is 17.0. The van der Waals surface area contributed by atoms with E-state index in [-0.39, 0.29) is 34.5 Å². The molecule has 1 aliphatic heterocycles. The number of aryl methyl sites for hydroxylation is 1. The van der Waals surface area contributed by atoms with E-state index in [1.54, 1.807) is 54.1 Å². The molecule has 0 saturated heterocycles. The second kappa shape index (κ2) is 8.31. The number of phenolic OH excluding ortho intramolecular Hbond substituents is 2. The van der Waals surface area contributed by atoms with Crippen molar-refractivity contribution in [3.8, 4) is 28.7 Å². The van der Waals surface area contributed by atoms with Gasteiger partial charge < -0.3 is 33.4 Å². The fourth-order valence-corrected chi connectivity index (χ4v) is 4.89. The first-order valence-electron chi connectivity index (χ1n) is 11.8. The van der Waals surface area contributed by atoms with Crippen molar-refractivity contribution in [2.24, 2.45) is 7.05 Å². The highest BCUT2D eigenvalue weighted by atomic mass is 16.6. The standard InChI is InChI=1S/C29H23NO8/c1-29(11-10-17-20(31)7-4-15-5-9-23(33)37-27(15)17)14-36-28-22(38-29)8-6-18-25(28)30(2)19-12-16(35-3)13-21(32)24(19)26(18)34/h4-13,31-32H,14H2,1-3H3/t29-/m1/s1. The maximum absolute atomic E-state index is 13.3. The average molecular weight is 514 g/mol. The van der Waals surface area contributed by atoms with Crippen LogP contribution < -0.4 is 25.3 Å². The van der Waals surface area contributed by atoms with Crippen LogP contribution in [0.3, 0.4) is 0 Å². The maximum atomic E-state index is 13.3. The predicted octanol–water partition coefficient (Wildman–Crippen LogP) is 4.46. The van der Waals surface area contributed by atoms with E-state index >= 15 is 0 Å². The molecule has 2 N–H and O–H groups in total. The number of benzene rings is 3. The summed E-state index contributed by atoms with van der Waals surface area (Å²) in [7, 11) is 3.26. The van der Waals surface area contributed by atoms with Crippen molar-refractivity contribution >= 4 is 38.9 Å². The summed E-state index contributed by atoms with van der Waals surface area (Å²) in [6.45, 7) is 1.91. The van der Waals surface area contributed by atoms with E-state index in [0.29, 0.717) is 44.6 Å². The second-order valence-corrected chi connectivity index (χ2v) is 9.43. The molecule has 5 aromatic rings. The number of pyridine rings is 1. The van der Waals surface area contributed by atoms with E-state index in [1.807, 2.05) is 6.92 Å². The predicted molar refractivity (Wildman–Crippen MR) is 143 cm³/mol. The fraction of sp³-hybridized carbons (Fsp3) is 0.172. The molecule has 0 aliphatic carbocycles. The molecule has 0 amide bonds. The highest BCUT2D eigenvalue weighted by Gasteiger charge is 2.33. The average Bonchev–Trinajstić information content (AvgIpc) is 2.90. The van der Waals surface area contributed by atoms with Crippen LogP contribution in [0.4, 0.5) is 0 Å². The zero-order valence-corrected chi connectivity index (χ0v) is 20.8. The van der Waals surface area contributed by atoms with Gasteiger partial charge in [-0.1, -0.05) is 0 Å². The summed E-state index contributed by atoms with van der Waals surface area (Å²) in [6, 6.07) is 12.5. The Morgan fingerprint density at radius 3 is 2.63 bits per heavy atom. The topological polar surface area (TPSA) is 120 Å². The molecule has 0 unspecified atom stereocenters. The number of rotatable bonds is 3. The third-order valence-corrected chi connectivity index (χ3v) is 6.82. The zero-order chi connectivity index (χ0) is 26.8. The molecule has 0 radical (unpaired) electrons. The Morgan fingerprint density at radius 2 is 1.84 bits per heavy atom. The molecule has 2 aromatic heterocycles. The molecule has 38 heavy (non-hydrogen) atoms. The summed E-state index contributed by atoms with van der Waals surface area (Å²) in [6.07, 6.45) is 3.36. The van der Waals surface area contributed by atoms with Crippen molar-refractivity contribution in [1.29, 1.82) is 0 Å². The largest absolute Gasteiger partial charge is 0.507 e. The summed E-state index contributed by atoms with van der Waals surface area (Å²) < 4.78 is 24.9. The van der Waals surface area contributed by atoms with Gasteiger partial charge in [-0.05, 0) is 49.4 Å². The van der Waals surface area contributed by atoms with Crippen molar-refractivity contribution in [1.82, 2.24) is 4.57 Å². The van der Waals surface area contributed by atoms with Crippen molar-refractivity contribution in [2.45, 2.75) is 12.5 Å². The third kappa shape index (κ3) is 3.54. The smallest absolute Gasteiger partial charge is 0.336 e. The van der Waals surface area contributed by atoms with Crippen LogP contribution in [0.15, 0.2) is 68.6 Å². The van der Waals surface area contributed by atoms with Gasteiger partial charge in [0.1, 0.15) is 29.4 Å². The van der Waals surface area contributed by atoms with Crippen LogP contribution in [0.25, 0.3) is 38.9 Å². The van der Waals surface area contributed by atoms with Gasteiger partial charge in [-0.25, -0.2) is 4.79 Å². The Hall–Kier alpha value is -4.92. The van der Waals surface area contributed by atoms with Crippen molar-refractivity contribution < 1.29 is 28.8 Å². The lowest BCUT2D eigenvalue weighted by molar-refractivity contribution is 0.0461. The SMILES string of the molecule is COc1cc(O)c2c(=O)c3ccc4c(c3n(C)c2c1)OC[C@@](C)(C=Cc1c(O)ccc2ccc(=O)oc12)O4. The molecule has 0 bridgehead atoms. The highest BCUT2D eigenvalue weighted by molar-refractivity contribution is 6.00. The minimum absolute atomic E-state index is 0.0459. The summed E-state index contributed by atoms with van der Waals surface area (Å²) >= 11 is 0. The molecular formula is C29H23NO8. The Kier molecular flexibility index (Phi) is 5.13. The molecule has 1 aliphatic rings. The van der Waals surface area contributed by atoms with Crippen molar-refractivity contribution in [2.75, 3.05) is 13.7 Å². The number of hydrogen-bond donors (Lipinski definition) is 2. The van der Waals surface area contributed by atoms with Crippen molar-refractivity contribution in [3.63, 3.8) is 0 Å². The molecule has 9 heteroatoms. The van der Waals surface area contributed by atoms with E-state index in [9.17, 15) is 19.8 Å². The van der Waals surface area contributed by atoms with Gasteiger partial charge in [0.2, 0.25) is 5.43 Å². The Bertz CT molecular complexity index is 1930. The molecule has 3 aromatic carbocycles. The molecule has 0 fully saturated rings. The number of hydrogen-bond acceptors (Lipinski definition) is 8. The summed E-state index contributed by atoms with van der Waals surface area (Å²) in [4.78, 5) is 25.1. The first kappa shape index (κ1) is 23.5. The van der Waals surface area contributed by atoms with E-state index in [2.05, 4.69) is 0 Å². The van der Waals surface area contributed by atoms with Crippen LogP contribution in [-0.2, 0) is 7.05 Å². The molecule has 1 atom stereocenters. The number of fused-ring (bicyclic) bond motifs is 5. The Labute approximate surface area is 215 Å². The van der Waals surface area contributed by atoms with Gasteiger partial charge in [-0.15, -0.1) is 0 Å². The van der Waals surface area contributed by atoms with E-state index in [1.165, 1.54) is 25.3 Å². The van der Waals surface area contributed by atoms with Gasteiger partial charge in [0.15, 0.2) is 17.1 Å². The van der Waals surface area contributed by atoms with Crippen LogP contribution in [0.5, 0.6) is 28.7 Å². The maximum Gasteiger partial charge on any atom is 0.336 e. The van der Waals surface area contributed by atoms with E-state index < -0.39 is 11.2 Å². The van der Waals surface area contributed by atoms with Crippen LogP contribution in [0.1, 0.15) is 12.5 Å². The van der Waals surface area contributed by atoms with Gasteiger partial charge in [-0.2, -0.15) is 0 Å². The lowest BCUT2D eigenvalue weighted by Crippen LogP contribution is -2.40. The number of aromatic nitrogens is 1. The highest BCUT2D eigenvalue weighted by Crippen LogP contribution is 2.42. The summed E-state index contributed by atoms with van der Waals surface area (Å²) in [5.74, 6) is 1.02. The van der Waals surface area contributed by atoms with Crippen LogP contribution in [0.2, 0.25) is 0 Å². The summed E-state index contributed by atoms with van der Waals surface area (Å²) in [5.41, 5.74) is -0.184. The number of methoxy groups -OCH3 is 1. The molecule has 0 spiro atoms. The molecule has 9 nitrogen and oxygen atoms in total. The molecule has 0 saturated carbocycles. The monoisotopic (exact) mass is 513 g/mol. The first-order chi connectivity index (χ1) is 18.2. The minimum Gasteiger partial charge on any atom is -0.507 e. The van der Waals surface area contributed by atoms with Crippen LogP contribution >= 0.6 is 0 Å². The van der Waals surface area contributed by atoms with Gasteiger partial charge in [0, 0.05) is 30.6 Å². The number of aromatic hydroxyl groups is 2. The Morgan fingerprint density at radius 1 is 1.05 bits per heavy atom. The Balaban J connectivity index is 1.45. The van der Waals surface area contributed by atoms with E-state index in [0.717, 1.165) is 0 Å². The van der Waals surface area contributed by atoms with Crippen molar-refractivity contribution in [3.05, 3.63) is 80.8 Å². The number of ether oxygens (including phenoxy) is 3. The lowest BCUT2D eigenvalue weighted by Gasteiger charge is -2.34. The van der Waals surface area contributed by atoms with Gasteiger partial charge in [0.05, 0.1) is 34.5 Å². The van der Waals surface area contributed by atoms with Gasteiger partial charge >= 0.3 is 5.63 Å². The first-order valence-corrected chi connectivity index (χ1v) is 11.8.